The predicted molar refractivity (Wildman–Crippen MR) is 118 cm³/mol. The Labute approximate surface area is 179 Å². The highest BCUT2D eigenvalue weighted by atomic mass is 32.1. The third kappa shape index (κ3) is 5.14. The van der Waals surface area contributed by atoms with E-state index in [9.17, 15) is 4.79 Å². The molecule has 1 aromatic carbocycles. The van der Waals surface area contributed by atoms with Gasteiger partial charge in [-0.15, -0.1) is 11.3 Å². The lowest BCUT2D eigenvalue weighted by Crippen LogP contribution is -2.49. The number of aromatic nitrogens is 2. The number of ether oxygens (including phenoxy) is 2. The van der Waals surface area contributed by atoms with E-state index in [1.807, 2.05) is 53.9 Å². The molecule has 0 radical (unpaired) electrons. The van der Waals surface area contributed by atoms with Gasteiger partial charge in [-0.25, -0.2) is 14.8 Å². The summed E-state index contributed by atoms with van der Waals surface area (Å²) in [6.45, 7) is 3.97. The van der Waals surface area contributed by atoms with Gasteiger partial charge in [-0.05, 0) is 23.1 Å². The van der Waals surface area contributed by atoms with Crippen LogP contribution in [0.2, 0.25) is 0 Å². The van der Waals surface area contributed by atoms with Crippen LogP contribution in [0.15, 0.2) is 60.3 Å². The molecular formula is C22H24N4O3S. The average molecular weight is 425 g/mol. The van der Waals surface area contributed by atoms with Crippen LogP contribution in [0.25, 0.3) is 10.2 Å². The van der Waals surface area contributed by atoms with Gasteiger partial charge in [0, 0.05) is 26.2 Å². The van der Waals surface area contributed by atoms with E-state index < -0.39 is 0 Å². The molecule has 3 heterocycles. The van der Waals surface area contributed by atoms with Crippen molar-refractivity contribution in [3.63, 3.8) is 0 Å². The molecule has 7 nitrogen and oxygen atoms in total. The zero-order chi connectivity index (χ0) is 20.6. The van der Waals surface area contributed by atoms with Crippen molar-refractivity contribution in [2.75, 3.05) is 44.3 Å². The minimum atomic E-state index is -0.284. The number of thiophene rings is 1. The average Bonchev–Trinajstić information content (AvgIpc) is 3.28. The van der Waals surface area contributed by atoms with Crippen molar-refractivity contribution in [2.24, 2.45) is 0 Å². The summed E-state index contributed by atoms with van der Waals surface area (Å²) in [7, 11) is 0. The van der Waals surface area contributed by atoms with Gasteiger partial charge in [0.2, 0.25) is 0 Å². The van der Waals surface area contributed by atoms with Crippen LogP contribution in [-0.2, 0) is 16.1 Å². The first kappa shape index (κ1) is 20.3. The van der Waals surface area contributed by atoms with Crippen molar-refractivity contribution < 1.29 is 14.3 Å². The van der Waals surface area contributed by atoms with E-state index in [1.165, 1.54) is 0 Å². The minimum Gasteiger partial charge on any atom is -0.445 e. The van der Waals surface area contributed by atoms with E-state index in [2.05, 4.69) is 14.9 Å². The highest BCUT2D eigenvalue weighted by Gasteiger charge is 2.24. The number of benzene rings is 1. The van der Waals surface area contributed by atoms with Gasteiger partial charge in [-0.3, -0.25) is 0 Å². The Hall–Kier alpha value is -2.97. The second-order valence-corrected chi connectivity index (χ2v) is 7.75. The maximum absolute atomic E-state index is 12.3. The van der Waals surface area contributed by atoms with Gasteiger partial charge in [0.1, 0.15) is 23.6 Å². The lowest BCUT2D eigenvalue weighted by Gasteiger charge is -2.34. The van der Waals surface area contributed by atoms with Gasteiger partial charge in [0.25, 0.3) is 0 Å². The Morgan fingerprint density at radius 2 is 1.83 bits per heavy atom. The SMILES string of the molecule is O=C(OC/C=C/COCc1ccccc1)N1CCN(c2ncnc3sccc23)CC1. The molecule has 0 saturated carbocycles. The molecular weight excluding hydrogens is 400 g/mol. The number of amides is 1. The lowest BCUT2D eigenvalue weighted by atomic mass is 10.2. The molecule has 0 atom stereocenters. The van der Waals surface area contributed by atoms with Crippen molar-refractivity contribution in [1.29, 1.82) is 0 Å². The van der Waals surface area contributed by atoms with Crippen LogP contribution in [-0.4, -0.2) is 60.4 Å². The van der Waals surface area contributed by atoms with Gasteiger partial charge in [-0.2, -0.15) is 0 Å². The highest BCUT2D eigenvalue weighted by Crippen LogP contribution is 2.27. The quantitative estimate of drug-likeness (QED) is 0.425. The number of fused-ring (bicyclic) bond motifs is 1. The zero-order valence-corrected chi connectivity index (χ0v) is 17.5. The van der Waals surface area contributed by atoms with Gasteiger partial charge in [-0.1, -0.05) is 36.4 Å². The number of carbonyl (C=O) groups excluding carboxylic acids is 1. The molecule has 3 aromatic rings. The van der Waals surface area contributed by atoms with Crippen LogP contribution in [0.1, 0.15) is 5.56 Å². The minimum absolute atomic E-state index is 0.245. The summed E-state index contributed by atoms with van der Waals surface area (Å²) < 4.78 is 10.9. The van der Waals surface area contributed by atoms with Crippen LogP contribution < -0.4 is 4.90 Å². The summed E-state index contributed by atoms with van der Waals surface area (Å²) >= 11 is 1.61. The molecule has 1 saturated heterocycles. The normalized spacial score (nSPS) is 14.5. The van der Waals surface area contributed by atoms with Crippen LogP contribution >= 0.6 is 11.3 Å². The van der Waals surface area contributed by atoms with Crippen molar-refractivity contribution >= 4 is 33.5 Å². The number of nitrogens with zero attached hydrogens (tertiary/aromatic N) is 4. The van der Waals surface area contributed by atoms with Gasteiger partial charge in [0.15, 0.2) is 0 Å². The lowest BCUT2D eigenvalue weighted by molar-refractivity contribution is 0.109. The first-order valence-electron chi connectivity index (χ1n) is 9.93. The number of rotatable bonds is 7. The molecule has 2 aromatic heterocycles. The van der Waals surface area contributed by atoms with Crippen LogP contribution in [0.4, 0.5) is 10.6 Å². The Morgan fingerprint density at radius 3 is 2.67 bits per heavy atom. The summed E-state index contributed by atoms with van der Waals surface area (Å²) in [6, 6.07) is 12.1. The standard InChI is InChI=1S/C22H24N4O3S/c27-22(29-14-5-4-13-28-16-18-6-2-1-3-7-18)26-11-9-25(10-12-26)20-19-8-15-30-21(19)24-17-23-20/h1-8,15,17H,9-14,16H2/b5-4+. The molecule has 1 aliphatic heterocycles. The molecule has 8 heteroatoms. The van der Waals surface area contributed by atoms with E-state index in [4.69, 9.17) is 9.47 Å². The molecule has 0 unspecified atom stereocenters. The summed E-state index contributed by atoms with van der Waals surface area (Å²) in [5.41, 5.74) is 1.14. The largest absolute Gasteiger partial charge is 0.445 e. The third-order valence-electron chi connectivity index (χ3n) is 4.87. The second-order valence-electron chi connectivity index (χ2n) is 6.86. The second kappa shape index (κ2) is 10.2. The van der Waals surface area contributed by atoms with E-state index >= 15 is 0 Å². The van der Waals surface area contributed by atoms with Crippen molar-refractivity contribution in [3.8, 4) is 0 Å². The smallest absolute Gasteiger partial charge is 0.410 e. The first-order valence-corrected chi connectivity index (χ1v) is 10.8. The Balaban J connectivity index is 1.15. The topological polar surface area (TPSA) is 67.8 Å². The van der Waals surface area contributed by atoms with E-state index in [0.717, 1.165) is 34.7 Å². The van der Waals surface area contributed by atoms with Gasteiger partial charge >= 0.3 is 6.09 Å². The van der Waals surface area contributed by atoms with E-state index in [0.29, 0.717) is 26.3 Å². The first-order chi connectivity index (χ1) is 14.8. The number of carbonyl (C=O) groups is 1. The molecule has 0 spiro atoms. The van der Waals surface area contributed by atoms with Gasteiger partial charge < -0.3 is 19.3 Å². The molecule has 1 aliphatic rings. The fourth-order valence-electron chi connectivity index (χ4n) is 3.30. The van der Waals surface area contributed by atoms with Crippen LogP contribution in [0.5, 0.6) is 0 Å². The summed E-state index contributed by atoms with van der Waals surface area (Å²) in [5.74, 6) is 0.938. The summed E-state index contributed by atoms with van der Waals surface area (Å²) in [6.07, 6.45) is 5.00. The molecule has 0 N–H and O–H groups in total. The third-order valence-corrected chi connectivity index (χ3v) is 5.69. The zero-order valence-electron chi connectivity index (χ0n) is 16.6. The fourth-order valence-corrected chi connectivity index (χ4v) is 4.02. The number of piperazine rings is 1. The molecule has 30 heavy (non-hydrogen) atoms. The summed E-state index contributed by atoms with van der Waals surface area (Å²) in [5, 5.41) is 3.09. The Morgan fingerprint density at radius 1 is 1.03 bits per heavy atom. The van der Waals surface area contributed by atoms with Gasteiger partial charge in [0.05, 0.1) is 18.6 Å². The molecule has 1 fully saturated rings. The van der Waals surface area contributed by atoms with Crippen molar-refractivity contribution in [1.82, 2.24) is 14.9 Å². The Bertz CT molecular complexity index is 984. The van der Waals surface area contributed by atoms with Crippen LogP contribution in [0, 0.1) is 0 Å². The molecule has 1 amide bonds. The fraction of sp³-hybridized carbons (Fsp3) is 0.318. The molecule has 4 rings (SSSR count). The van der Waals surface area contributed by atoms with Crippen molar-refractivity contribution in [3.05, 3.63) is 65.8 Å². The molecule has 0 bridgehead atoms. The van der Waals surface area contributed by atoms with E-state index in [1.54, 1.807) is 22.6 Å². The summed E-state index contributed by atoms with van der Waals surface area (Å²) in [4.78, 5) is 25.9. The van der Waals surface area contributed by atoms with E-state index in [-0.39, 0.29) is 12.7 Å². The van der Waals surface area contributed by atoms with Crippen LogP contribution in [0.3, 0.4) is 0 Å². The maximum atomic E-state index is 12.3. The highest BCUT2D eigenvalue weighted by molar-refractivity contribution is 7.16. The number of hydrogen-bond acceptors (Lipinski definition) is 7. The number of hydrogen-bond donors (Lipinski definition) is 0. The van der Waals surface area contributed by atoms with Crippen molar-refractivity contribution in [2.45, 2.75) is 6.61 Å². The Kier molecular flexibility index (Phi) is 6.89. The monoisotopic (exact) mass is 424 g/mol. The number of anilines is 1. The maximum Gasteiger partial charge on any atom is 0.410 e. The predicted octanol–water partition coefficient (Wildman–Crippen LogP) is 3.72. The molecule has 0 aliphatic carbocycles. The molecule has 156 valence electrons.